The number of hydrogen-bond donors (Lipinski definition) is 24. The van der Waals surface area contributed by atoms with E-state index in [2.05, 4.69) is 94.7 Å². The highest BCUT2D eigenvalue weighted by atomic mass is 33.1. The number of thioether (sulfide) groups is 1. The smallest absolute Gasteiger partial charge is 0.326 e. The van der Waals surface area contributed by atoms with Gasteiger partial charge in [-0.15, -0.1) is 0 Å². The molecule has 0 bridgehead atoms. The molecule has 700 valence electrons. The molecule has 0 radical (unpaired) electrons. The molecular weight excluding hydrogens is 1710 g/mol. The number of aliphatic hydroxyl groups is 2. The van der Waals surface area contributed by atoms with Crippen LogP contribution in [0.25, 0.3) is 10.9 Å². The summed E-state index contributed by atoms with van der Waals surface area (Å²) in [5.41, 5.74) is 7.18. The summed E-state index contributed by atoms with van der Waals surface area (Å²) in [4.78, 5) is 276. The summed E-state index contributed by atoms with van der Waals surface area (Å²) in [6, 6.07) is -19.0. The standard InChI is InChI=1S/C79H121N19O25S3/c1-11-40(7)63(77(120)93-55(79(122)123)27-43-31-82-46-18-14-13-17-45(43)46)98-78(121)64(41(8)12-2)97-72(115)54(30-62(106)107)92-69(112)51(26-39(5)6)88-70(113)52(28-44-32-81-37-83-44)90-76(119)59-36-126-125-35-58(84-42(9)101)75(118)95-57(34-100)74(117)94-56(33-99)73(116)89-50(25-38(3)4)68(111)87-49(22-24-124-10)67(110)91-53(29-61(104)105)71(114)85-47(19-15-16-23-80)65(108)86-48(66(109)96-59)20-21-60(102)103/h13-14,17-18,31-32,37-41,47-59,63-64,82,99-100H,11-12,15-16,19-30,33-36,80H2,1-10H3,(H,81,83)(H,84,101)(H,85,114)(H,86,108)(H,87,111)(H,88,113)(H,89,116)(H,90,119)(H,91,110)(H,92,112)(H,93,120)(H,94,117)(H,95,118)(H,96,109)(H,97,115)(H,98,121)(H,102,103)(H,104,105)(H,106,107)(H,122,123)/t40-,41-,47-,48?,49-,50?,51-,52-,53?,54-,55-,56?,57-,58?,59?,63-,64-/m0/s1. The fraction of sp³-hybridized carbons (Fsp3) is 0.620. The summed E-state index contributed by atoms with van der Waals surface area (Å²) in [6.45, 7) is 11.9. The van der Waals surface area contributed by atoms with Gasteiger partial charge in [0.2, 0.25) is 88.6 Å². The number of aromatic nitrogens is 3. The number of fused-ring (bicyclic) bond motifs is 1. The number of nitrogens with two attached hydrogens (primary N) is 1. The first-order valence-corrected chi connectivity index (χ1v) is 45.1. The summed E-state index contributed by atoms with van der Waals surface area (Å²) >= 11 is 1.21. The van der Waals surface area contributed by atoms with Gasteiger partial charge in [-0.2, -0.15) is 11.8 Å². The lowest BCUT2D eigenvalue weighted by Gasteiger charge is -2.31. The number of aliphatic carboxylic acids is 4. The van der Waals surface area contributed by atoms with Crippen LogP contribution in [0.4, 0.5) is 0 Å². The molecule has 44 nitrogen and oxygen atoms in total. The molecule has 3 aromatic rings. The average molecular weight is 1830 g/mol. The van der Waals surface area contributed by atoms with E-state index in [0.29, 0.717) is 21.7 Å². The molecule has 126 heavy (non-hydrogen) atoms. The van der Waals surface area contributed by atoms with Crippen LogP contribution in [-0.2, 0) is 104 Å². The Morgan fingerprint density at radius 1 is 0.532 bits per heavy atom. The van der Waals surface area contributed by atoms with Crippen molar-refractivity contribution in [1.29, 1.82) is 0 Å². The van der Waals surface area contributed by atoms with Gasteiger partial charge >= 0.3 is 23.9 Å². The average Bonchev–Trinajstić information content (AvgIpc) is 1.66. The Bertz CT molecular complexity index is 4240. The maximum atomic E-state index is 15.2. The normalized spacial score (nSPS) is 21.3. The second-order valence-corrected chi connectivity index (χ2v) is 34.8. The first-order valence-electron chi connectivity index (χ1n) is 41.2. The van der Waals surface area contributed by atoms with E-state index in [1.165, 1.54) is 24.3 Å². The number of nitrogens with one attached hydrogen (secondary N) is 17. The predicted molar refractivity (Wildman–Crippen MR) is 461 cm³/mol. The Balaban J connectivity index is 1.82. The molecule has 47 heteroatoms. The zero-order chi connectivity index (χ0) is 94.2. The van der Waals surface area contributed by atoms with Crippen LogP contribution in [-0.4, -0.2) is 292 Å². The minimum Gasteiger partial charge on any atom is -0.481 e. The number of benzene rings is 1. The number of amides is 15. The van der Waals surface area contributed by atoms with Gasteiger partial charge in [0.15, 0.2) is 0 Å². The molecule has 6 unspecified atom stereocenters. The lowest BCUT2D eigenvalue weighted by molar-refractivity contribution is -0.143. The van der Waals surface area contributed by atoms with Crippen molar-refractivity contribution in [1.82, 2.24) is 94.7 Å². The van der Waals surface area contributed by atoms with Gasteiger partial charge in [-0.25, -0.2) is 9.78 Å². The third-order valence-corrected chi connectivity index (χ3v) is 23.3. The molecule has 1 fully saturated rings. The molecule has 0 aliphatic carbocycles. The van der Waals surface area contributed by atoms with Crippen LogP contribution in [0, 0.1) is 23.7 Å². The van der Waals surface area contributed by atoms with Crippen molar-refractivity contribution in [3.63, 3.8) is 0 Å². The number of carbonyl (C=O) groups excluding carboxylic acids is 15. The topological polar surface area (TPSA) is 697 Å². The number of aromatic amines is 2. The number of unbranched alkanes of at least 4 members (excludes halogenated alkanes) is 1. The number of nitrogens with zero attached hydrogens (tertiary/aromatic N) is 1. The van der Waals surface area contributed by atoms with E-state index in [9.17, 15) is 112 Å². The van der Waals surface area contributed by atoms with Gasteiger partial charge in [-0.3, -0.25) is 86.3 Å². The summed E-state index contributed by atoms with van der Waals surface area (Å²) in [5.74, 6) is -26.4. The lowest BCUT2D eigenvalue weighted by Crippen LogP contribution is -2.62. The first kappa shape index (κ1) is 107. The number of hydrogen-bond acceptors (Lipinski definition) is 26. The van der Waals surface area contributed by atoms with Gasteiger partial charge in [0, 0.05) is 61.0 Å². The molecule has 17 atom stereocenters. The van der Waals surface area contributed by atoms with Crippen molar-refractivity contribution in [2.75, 3.05) is 43.3 Å². The monoisotopic (exact) mass is 1830 g/mol. The largest absolute Gasteiger partial charge is 0.481 e. The van der Waals surface area contributed by atoms with Crippen LogP contribution in [0.2, 0.25) is 0 Å². The van der Waals surface area contributed by atoms with E-state index in [1.807, 2.05) is 0 Å². The van der Waals surface area contributed by atoms with E-state index >= 15 is 9.59 Å². The fourth-order valence-electron chi connectivity index (χ4n) is 12.9. The first-order chi connectivity index (χ1) is 59.6. The summed E-state index contributed by atoms with van der Waals surface area (Å²) in [5, 5.41) is 98.7. The molecule has 1 aliphatic rings. The third kappa shape index (κ3) is 36.4. The zero-order valence-electron chi connectivity index (χ0n) is 71.8. The van der Waals surface area contributed by atoms with Gasteiger partial charge in [0.25, 0.3) is 0 Å². The SMILES string of the molecule is CC[C@H](C)[C@H](NC(=O)[C@H](CC(=O)O)NC(=O)[C@H](CC(C)C)NC(=O)[C@H](Cc1c[nH]cn1)NC(=O)C1CSSCC(NC(C)=O)C(=O)N[C@@H](CO)C(=O)NC(CO)C(=O)NC(CC(C)C)C(=O)N[C@@H](CCSC)C(=O)NC(CC(=O)O)C(=O)N[C@@H](CCCCN)C(=O)NC(CCC(=O)O)C(=O)N1)C(=O)N[C@H](C(=O)N[C@@H](Cc1c[nH]c2ccccc12)C(=O)O)[C@@H](C)CC. The highest BCUT2D eigenvalue weighted by Gasteiger charge is 2.41. The molecule has 1 saturated heterocycles. The van der Waals surface area contributed by atoms with Crippen LogP contribution in [0.1, 0.15) is 151 Å². The van der Waals surface area contributed by atoms with E-state index in [0.717, 1.165) is 23.2 Å². The van der Waals surface area contributed by atoms with Crippen molar-refractivity contribution in [2.24, 2.45) is 29.4 Å². The Kier molecular flexibility index (Phi) is 46.5. The van der Waals surface area contributed by atoms with Crippen molar-refractivity contribution < 1.29 is 122 Å². The summed E-state index contributed by atoms with van der Waals surface area (Å²) in [6.07, 6.45) is 1.07. The zero-order valence-corrected chi connectivity index (χ0v) is 74.3. The van der Waals surface area contributed by atoms with Crippen LogP contribution in [0.5, 0.6) is 0 Å². The summed E-state index contributed by atoms with van der Waals surface area (Å²) < 4.78 is 0. The summed E-state index contributed by atoms with van der Waals surface area (Å²) in [7, 11) is 1.43. The Labute approximate surface area is 739 Å². The van der Waals surface area contributed by atoms with Gasteiger partial charge in [0.05, 0.1) is 38.1 Å². The number of carboxylic acids is 4. The third-order valence-electron chi connectivity index (χ3n) is 20.2. The van der Waals surface area contributed by atoms with Gasteiger partial charge < -0.3 is 126 Å². The van der Waals surface area contributed by atoms with Gasteiger partial charge in [-0.05, 0) is 98.8 Å². The lowest BCUT2D eigenvalue weighted by atomic mass is 9.94. The molecule has 2 aromatic heterocycles. The van der Waals surface area contributed by atoms with Crippen LogP contribution >= 0.6 is 33.3 Å². The van der Waals surface area contributed by atoms with Crippen LogP contribution in [0.3, 0.4) is 0 Å². The molecule has 4 rings (SSSR count). The maximum Gasteiger partial charge on any atom is 0.326 e. The number of H-pyrrole nitrogens is 2. The van der Waals surface area contributed by atoms with Gasteiger partial charge in [0.1, 0.15) is 90.6 Å². The van der Waals surface area contributed by atoms with E-state index in [1.54, 1.807) is 92.1 Å². The molecule has 15 amide bonds. The maximum absolute atomic E-state index is 15.2. The molecule has 25 N–H and O–H groups in total. The number of para-hydroxylation sites is 1. The second-order valence-electron chi connectivity index (χ2n) is 31.3. The molecule has 0 saturated carbocycles. The number of rotatable bonds is 42. The molecule has 0 spiro atoms. The quantitative estimate of drug-likeness (QED) is 0.0192. The van der Waals surface area contributed by atoms with Crippen molar-refractivity contribution in [3.05, 3.63) is 54.2 Å². The Hall–Kier alpha value is -11.2. The number of imidazole rings is 1. The van der Waals surface area contributed by atoms with Crippen molar-refractivity contribution in [2.45, 2.75) is 243 Å². The van der Waals surface area contributed by atoms with Crippen molar-refractivity contribution in [3.8, 4) is 0 Å². The molecule has 3 heterocycles. The second kappa shape index (κ2) is 54.7. The molecule has 1 aliphatic heterocycles. The van der Waals surface area contributed by atoms with Crippen molar-refractivity contribution >= 4 is 157 Å². The van der Waals surface area contributed by atoms with Gasteiger partial charge in [-0.1, -0.05) is 108 Å². The van der Waals surface area contributed by atoms with Crippen LogP contribution in [0.15, 0.2) is 43.0 Å². The predicted octanol–water partition coefficient (Wildman–Crippen LogP) is -3.69. The Morgan fingerprint density at radius 3 is 1.57 bits per heavy atom. The van der Waals surface area contributed by atoms with E-state index in [4.69, 9.17) is 5.73 Å². The highest BCUT2D eigenvalue weighted by molar-refractivity contribution is 8.76. The number of carbonyl (C=O) groups is 19. The van der Waals surface area contributed by atoms with E-state index < -0.39 is 278 Å². The van der Waals surface area contributed by atoms with Crippen LogP contribution < -0.4 is 85.5 Å². The Morgan fingerprint density at radius 2 is 1.03 bits per heavy atom. The minimum absolute atomic E-state index is 0.0397. The highest BCUT2D eigenvalue weighted by Crippen LogP contribution is 2.25. The molecule has 1 aromatic carbocycles. The minimum atomic E-state index is -2.03. The molecular formula is C79H121N19O25S3. The number of aliphatic hydroxyl groups excluding tert-OH is 2. The number of carboxylic acid groups (broad SMARTS) is 4. The van der Waals surface area contributed by atoms with E-state index in [-0.39, 0.29) is 81.7 Å². The fourth-order valence-corrected chi connectivity index (χ4v) is 15.7.